The van der Waals surface area contributed by atoms with Crippen molar-refractivity contribution in [2.24, 2.45) is 5.14 Å². The molecule has 1 amide bonds. The van der Waals surface area contributed by atoms with Gasteiger partial charge >= 0.3 is 12.2 Å². The van der Waals surface area contributed by atoms with E-state index in [-0.39, 0.29) is 60.9 Å². The molecular weight excluding hydrogens is 745 g/mol. The number of benzene rings is 2. The maximum absolute atomic E-state index is 15.9. The fourth-order valence-electron chi connectivity index (χ4n) is 6.74. The summed E-state index contributed by atoms with van der Waals surface area (Å²) in [6.45, 7) is 5.40. The van der Waals surface area contributed by atoms with Crippen molar-refractivity contribution in [3.05, 3.63) is 41.0 Å². The molecule has 2 unspecified atom stereocenters. The van der Waals surface area contributed by atoms with Crippen LogP contribution in [0.3, 0.4) is 0 Å². The number of halogens is 6. The van der Waals surface area contributed by atoms with Gasteiger partial charge in [-0.3, -0.25) is 20.2 Å². The molecule has 2 aromatic heterocycles. The number of likely N-dealkylation sites (tertiary alicyclic amines) is 1. The van der Waals surface area contributed by atoms with Gasteiger partial charge in [0.15, 0.2) is 10.9 Å². The van der Waals surface area contributed by atoms with Crippen LogP contribution in [0.15, 0.2) is 18.2 Å². The van der Waals surface area contributed by atoms with Crippen LogP contribution >= 0.6 is 23.3 Å². The molecule has 2 aromatic carbocycles. The number of alkyl halides is 4. The van der Waals surface area contributed by atoms with E-state index in [0.29, 0.717) is 35.9 Å². The molecule has 3 aliphatic rings. The van der Waals surface area contributed by atoms with Gasteiger partial charge in [0.1, 0.15) is 34.4 Å². The van der Waals surface area contributed by atoms with Gasteiger partial charge in [-0.2, -0.15) is 28.4 Å². The summed E-state index contributed by atoms with van der Waals surface area (Å²) in [5.41, 5.74) is 2.59. The predicted octanol–water partition coefficient (Wildman–Crippen LogP) is 7.09. The minimum Gasteiger partial charge on any atom is -0.467 e. The number of carbonyl (C=O) groups is 1. The first kappa shape index (κ1) is 39.8. The van der Waals surface area contributed by atoms with Gasteiger partial charge in [0.25, 0.3) is 5.91 Å². The van der Waals surface area contributed by atoms with Gasteiger partial charge in [-0.05, 0) is 75.2 Å². The second kappa shape index (κ2) is 16.7. The maximum Gasteiger partial charge on any atom is 0.417 e. The average molecular weight is 782 g/mol. The Kier molecular flexibility index (Phi) is 12.6. The molecule has 19 heteroatoms. The number of hydrogen-bond donors (Lipinski definition) is 4. The SMILES string of the molecule is CCNc1nc(OC)nc2c(F)c(-c3ccc(F)c4sc(N)c(C#N)c34)c(C(F)(F)F)cc12.FC1CC2CCCN2C1.N=C(SN)C(=O)N1CCCC1. The van der Waals surface area contributed by atoms with E-state index in [0.717, 1.165) is 57.1 Å². The van der Waals surface area contributed by atoms with Crippen LogP contribution in [0, 0.1) is 28.4 Å². The number of methoxy groups -OCH3 is 1. The molecule has 0 spiro atoms. The van der Waals surface area contributed by atoms with Gasteiger partial charge in [0.05, 0.1) is 22.9 Å². The number of hydrogen-bond acceptors (Lipinski definition) is 12. The minimum atomic E-state index is -5.00. The molecule has 5 heterocycles. The summed E-state index contributed by atoms with van der Waals surface area (Å²) in [6, 6.07) is 4.75. The lowest BCUT2D eigenvalue weighted by atomic mass is 9.92. The van der Waals surface area contributed by atoms with Gasteiger partial charge in [-0.1, -0.05) is 6.07 Å². The van der Waals surface area contributed by atoms with E-state index in [9.17, 15) is 32.0 Å². The number of aromatic nitrogens is 2. The molecule has 3 aliphatic heterocycles. The molecule has 11 nitrogen and oxygen atoms in total. The highest BCUT2D eigenvalue weighted by Crippen LogP contribution is 2.47. The normalized spacial score (nSPS) is 18.2. The Morgan fingerprint density at radius 3 is 2.53 bits per heavy atom. The van der Waals surface area contributed by atoms with Gasteiger partial charge < -0.3 is 20.7 Å². The molecule has 2 atom stereocenters. The number of ether oxygens (including phenoxy) is 1. The number of thiophene rings is 1. The van der Waals surface area contributed by atoms with Crippen molar-refractivity contribution in [2.75, 3.05) is 50.9 Å². The second-order valence-electron chi connectivity index (χ2n) is 12.4. The number of nitrogen functional groups attached to an aromatic ring is 1. The van der Waals surface area contributed by atoms with E-state index in [1.54, 1.807) is 17.9 Å². The summed E-state index contributed by atoms with van der Waals surface area (Å²) < 4.78 is 90.2. The van der Waals surface area contributed by atoms with Crippen molar-refractivity contribution in [3.63, 3.8) is 0 Å². The van der Waals surface area contributed by atoms with Gasteiger partial charge in [-0.15, -0.1) is 11.3 Å². The summed E-state index contributed by atoms with van der Waals surface area (Å²) in [6.07, 6.45) is -0.0845. The summed E-state index contributed by atoms with van der Waals surface area (Å²) in [5, 5.41) is 23.9. The van der Waals surface area contributed by atoms with Crippen molar-refractivity contribution >= 4 is 66.0 Å². The molecule has 0 bridgehead atoms. The van der Waals surface area contributed by atoms with Crippen molar-refractivity contribution < 1.29 is 35.9 Å². The first-order valence-electron chi connectivity index (χ1n) is 16.7. The smallest absolute Gasteiger partial charge is 0.417 e. The number of nitrogens with two attached hydrogens (primary N) is 2. The maximum atomic E-state index is 15.9. The molecule has 0 aliphatic carbocycles. The monoisotopic (exact) mass is 781 g/mol. The van der Waals surface area contributed by atoms with Crippen LogP contribution in [0.2, 0.25) is 0 Å². The molecule has 284 valence electrons. The summed E-state index contributed by atoms with van der Waals surface area (Å²) in [4.78, 5) is 23.0. The highest BCUT2D eigenvalue weighted by atomic mass is 32.2. The lowest BCUT2D eigenvalue weighted by Gasteiger charge is -2.18. The number of nitrogens with one attached hydrogen (secondary N) is 2. The summed E-state index contributed by atoms with van der Waals surface area (Å²) in [5.74, 6) is -2.38. The van der Waals surface area contributed by atoms with Crippen LogP contribution in [0.4, 0.5) is 37.2 Å². The van der Waals surface area contributed by atoms with Crippen LogP contribution < -0.4 is 20.9 Å². The molecule has 53 heavy (non-hydrogen) atoms. The largest absolute Gasteiger partial charge is 0.467 e. The third-order valence-corrected chi connectivity index (χ3v) is 10.5. The molecule has 3 fully saturated rings. The molecule has 3 saturated heterocycles. The number of fused-ring (bicyclic) bond motifs is 3. The number of carbonyl (C=O) groups excluding carboxylic acids is 1. The lowest BCUT2D eigenvalue weighted by Crippen LogP contribution is -2.32. The van der Waals surface area contributed by atoms with Crippen molar-refractivity contribution in [3.8, 4) is 23.2 Å². The van der Waals surface area contributed by atoms with Crippen molar-refractivity contribution in [2.45, 2.75) is 57.4 Å². The minimum absolute atomic E-state index is 0.0444. The number of rotatable bonds is 4. The van der Waals surface area contributed by atoms with Gasteiger partial charge in [-0.25, -0.2) is 13.2 Å². The molecule has 0 saturated carbocycles. The van der Waals surface area contributed by atoms with Crippen molar-refractivity contribution in [1.82, 2.24) is 19.8 Å². The van der Waals surface area contributed by atoms with Gasteiger partial charge in [0.2, 0.25) is 0 Å². The molecule has 4 aromatic rings. The van der Waals surface area contributed by atoms with Crippen LogP contribution in [-0.2, 0) is 11.0 Å². The first-order chi connectivity index (χ1) is 25.2. The zero-order chi connectivity index (χ0) is 38.6. The zero-order valence-electron chi connectivity index (χ0n) is 28.7. The highest BCUT2D eigenvalue weighted by Gasteiger charge is 2.38. The van der Waals surface area contributed by atoms with E-state index in [2.05, 4.69) is 20.2 Å². The number of nitrogens with zero attached hydrogens (tertiary/aromatic N) is 5. The average Bonchev–Trinajstić information content (AvgIpc) is 3.94. The number of nitriles is 1. The van der Waals surface area contributed by atoms with Crippen LogP contribution in [0.25, 0.3) is 32.1 Å². The number of anilines is 2. The predicted molar refractivity (Wildman–Crippen MR) is 195 cm³/mol. The summed E-state index contributed by atoms with van der Waals surface area (Å²) in [7, 11) is 1.23. The van der Waals surface area contributed by atoms with E-state index in [4.69, 9.17) is 21.0 Å². The Balaban J connectivity index is 0.000000217. The lowest BCUT2D eigenvalue weighted by molar-refractivity contribution is -0.137. The van der Waals surface area contributed by atoms with E-state index in [1.807, 2.05) is 0 Å². The van der Waals surface area contributed by atoms with Gasteiger partial charge in [0, 0.05) is 48.6 Å². The molecule has 6 N–H and O–H groups in total. The second-order valence-corrected chi connectivity index (χ2v) is 14.1. The fourth-order valence-corrected chi connectivity index (χ4v) is 7.92. The van der Waals surface area contributed by atoms with E-state index < -0.39 is 40.6 Å². The van der Waals surface area contributed by atoms with Crippen LogP contribution in [-0.4, -0.2) is 82.8 Å². The topological polar surface area (TPSA) is 170 Å². The van der Waals surface area contributed by atoms with E-state index >= 15 is 4.39 Å². The third kappa shape index (κ3) is 8.40. The van der Waals surface area contributed by atoms with Crippen LogP contribution in [0.5, 0.6) is 6.01 Å². The Labute approximate surface area is 309 Å². The Bertz CT molecular complexity index is 2040. The first-order valence-corrected chi connectivity index (χ1v) is 18.4. The van der Waals surface area contributed by atoms with Crippen molar-refractivity contribution in [1.29, 1.82) is 10.7 Å². The number of amides is 1. The Morgan fingerprint density at radius 2 is 1.92 bits per heavy atom. The molecular formula is C34H37F6N9O2S2. The van der Waals surface area contributed by atoms with Crippen LogP contribution in [0.1, 0.15) is 50.2 Å². The quantitative estimate of drug-likeness (QED) is 0.0726. The fraction of sp³-hybridized carbons (Fsp3) is 0.441. The Hall–Kier alpha value is -4.38. The third-order valence-electron chi connectivity index (χ3n) is 9.11. The Morgan fingerprint density at radius 1 is 1.21 bits per heavy atom. The zero-order valence-corrected chi connectivity index (χ0v) is 30.4. The highest BCUT2D eigenvalue weighted by molar-refractivity contribution is 8.13. The molecule has 0 radical (unpaired) electrons. The molecule has 7 rings (SSSR count). The summed E-state index contributed by atoms with van der Waals surface area (Å²) >= 11 is 1.41. The standard InChI is InChI=1S/C21H14F5N5OS.C7H12FN.C6H11N3OS/c1-3-29-19-9-6-11(21(24,25)26)14(15(23)16(9)30-20(31-19)32-2)8-4-5-12(22)17-13(8)10(7-27)18(28)33-17;8-6-4-7-2-1-3-9(7)5-6;7-5(11-8)6(10)9-3-1-2-4-9/h4-6H,3,28H2,1-2H3,(H,29,30,31);6-7H,1-5H2;7H,1-4,8H2. The van der Waals surface area contributed by atoms with E-state index in [1.165, 1.54) is 20.0 Å².